The lowest BCUT2D eigenvalue weighted by Gasteiger charge is -2.23. The summed E-state index contributed by atoms with van der Waals surface area (Å²) in [6, 6.07) is 13.0. The summed E-state index contributed by atoms with van der Waals surface area (Å²) in [5.74, 6) is 0.337. The van der Waals surface area contributed by atoms with E-state index in [0.29, 0.717) is 5.92 Å². The predicted molar refractivity (Wildman–Crippen MR) is 106 cm³/mol. The zero-order chi connectivity index (χ0) is 16.8. The molecule has 5 aliphatic rings. The maximum Gasteiger partial charge on any atom is 0.115 e. The van der Waals surface area contributed by atoms with E-state index in [-0.39, 0.29) is 6.04 Å². The third kappa shape index (κ3) is 1.37. The number of aliphatic imine (C=N–C) groups is 2. The highest BCUT2D eigenvalue weighted by Crippen LogP contribution is 2.49. The number of allylic oxidation sites excluding steroid dienone is 8. The van der Waals surface area contributed by atoms with Gasteiger partial charge in [-0.2, -0.15) is 0 Å². The summed E-state index contributed by atoms with van der Waals surface area (Å²) < 4.78 is 0. The van der Waals surface area contributed by atoms with Gasteiger partial charge in [-0.05, 0) is 22.1 Å². The molecule has 0 spiro atoms. The molecule has 0 bridgehead atoms. The van der Waals surface area contributed by atoms with Crippen molar-refractivity contribution >= 4 is 22.2 Å². The first kappa shape index (κ1) is 13.0. The van der Waals surface area contributed by atoms with Crippen LogP contribution in [0.25, 0.3) is 10.8 Å². The van der Waals surface area contributed by atoms with E-state index in [2.05, 4.69) is 72.9 Å². The first-order chi connectivity index (χ1) is 12.9. The van der Waals surface area contributed by atoms with Crippen molar-refractivity contribution in [1.29, 1.82) is 0 Å². The average molecular weight is 330 g/mol. The van der Waals surface area contributed by atoms with Crippen molar-refractivity contribution in [3.05, 3.63) is 106 Å². The topological polar surface area (TPSA) is 24.7 Å². The molecule has 2 heteroatoms. The molecule has 0 aromatic heterocycles. The van der Waals surface area contributed by atoms with Gasteiger partial charge in [-0.15, -0.1) is 0 Å². The first-order valence-corrected chi connectivity index (χ1v) is 9.10. The molecule has 0 saturated heterocycles. The van der Waals surface area contributed by atoms with Gasteiger partial charge in [-0.1, -0.05) is 72.9 Å². The van der Waals surface area contributed by atoms with E-state index >= 15 is 0 Å². The summed E-state index contributed by atoms with van der Waals surface area (Å²) in [6.07, 6.45) is 13.2. The van der Waals surface area contributed by atoms with Crippen molar-refractivity contribution in [2.24, 2.45) is 15.9 Å². The van der Waals surface area contributed by atoms with Crippen LogP contribution in [0.1, 0.15) is 11.1 Å². The van der Waals surface area contributed by atoms with Crippen molar-refractivity contribution in [2.45, 2.75) is 6.04 Å². The fourth-order valence-electron chi connectivity index (χ4n) is 5.07. The molecule has 0 radical (unpaired) electrons. The minimum atomic E-state index is 0.0504. The molecular formula is C24H14N2. The minimum Gasteiger partial charge on any atom is -0.268 e. The highest BCUT2D eigenvalue weighted by molar-refractivity contribution is 6.61. The van der Waals surface area contributed by atoms with Gasteiger partial charge in [0.2, 0.25) is 0 Å². The Balaban J connectivity index is 1.56. The Morgan fingerprint density at radius 2 is 1.62 bits per heavy atom. The largest absolute Gasteiger partial charge is 0.268 e. The number of benzene rings is 2. The Hall–Kier alpha value is -3.26. The van der Waals surface area contributed by atoms with Crippen LogP contribution in [0.4, 0.5) is 0 Å². The molecule has 2 aromatic rings. The van der Waals surface area contributed by atoms with Gasteiger partial charge in [0.1, 0.15) is 6.04 Å². The van der Waals surface area contributed by atoms with Crippen LogP contribution in [0.2, 0.25) is 0 Å². The van der Waals surface area contributed by atoms with Crippen LogP contribution >= 0.6 is 0 Å². The van der Waals surface area contributed by atoms with Gasteiger partial charge in [0, 0.05) is 22.4 Å². The Morgan fingerprint density at radius 3 is 2.50 bits per heavy atom. The van der Waals surface area contributed by atoms with Crippen LogP contribution in [-0.2, 0) is 0 Å². The maximum atomic E-state index is 5.26. The van der Waals surface area contributed by atoms with Crippen LogP contribution in [0, 0.1) is 5.92 Å². The molecule has 0 saturated carbocycles. The standard InChI is InChI=1S/C24H14N2/c1-5-13-6-2-10-16-19(13)15(9-1)21-22(16)26-24-18-12-4-8-14-7-3-11-17(20(14)18)23(24)25-21/h1-12,19,21H. The van der Waals surface area contributed by atoms with Crippen LogP contribution in [-0.4, -0.2) is 17.5 Å². The number of nitrogens with zero attached hydrogens (tertiary/aromatic N) is 2. The lowest BCUT2D eigenvalue weighted by atomic mass is 9.82. The minimum absolute atomic E-state index is 0.0504. The number of hydrogen-bond acceptors (Lipinski definition) is 2. The number of hydrogen-bond donors (Lipinski definition) is 0. The summed E-state index contributed by atoms with van der Waals surface area (Å²) in [4.78, 5) is 10.5. The number of fused-ring (bicyclic) bond motifs is 5. The van der Waals surface area contributed by atoms with Crippen LogP contribution in [0.15, 0.2) is 105 Å². The summed E-state index contributed by atoms with van der Waals surface area (Å²) >= 11 is 0. The molecule has 2 nitrogen and oxygen atoms in total. The summed E-state index contributed by atoms with van der Waals surface area (Å²) in [6.45, 7) is 0. The van der Waals surface area contributed by atoms with E-state index in [9.17, 15) is 0 Å². The van der Waals surface area contributed by atoms with Crippen molar-refractivity contribution in [3.8, 4) is 0 Å². The average Bonchev–Trinajstić information content (AvgIpc) is 3.18. The van der Waals surface area contributed by atoms with Crippen molar-refractivity contribution in [3.63, 3.8) is 0 Å². The molecule has 4 aliphatic carbocycles. The van der Waals surface area contributed by atoms with Gasteiger partial charge in [-0.3, -0.25) is 4.99 Å². The van der Waals surface area contributed by atoms with Crippen molar-refractivity contribution < 1.29 is 0 Å². The fraction of sp³-hybridized carbons (Fsp3) is 0.0833. The molecular weight excluding hydrogens is 316 g/mol. The lowest BCUT2D eigenvalue weighted by molar-refractivity contribution is 0.818. The second kappa shape index (κ2) is 4.28. The van der Waals surface area contributed by atoms with E-state index in [1.165, 1.54) is 38.6 Å². The normalized spacial score (nSPS) is 26.2. The Labute approximate surface area is 151 Å². The number of rotatable bonds is 0. The third-order valence-electron chi connectivity index (χ3n) is 6.12. The first-order valence-electron chi connectivity index (χ1n) is 9.10. The van der Waals surface area contributed by atoms with Crippen LogP contribution in [0.3, 0.4) is 0 Å². The molecule has 1 aliphatic heterocycles. The molecule has 0 fully saturated rings. The van der Waals surface area contributed by atoms with Gasteiger partial charge >= 0.3 is 0 Å². The van der Waals surface area contributed by atoms with Gasteiger partial charge in [-0.25, -0.2) is 4.99 Å². The van der Waals surface area contributed by atoms with Gasteiger partial charge in [0.25, 0.3) is 0 Å². The van der Waals surface area contributed by atoms with E-state index in [1.54, 1.807) is 0 Å². The molecule has 0 amide bonds. The Kier molecular flexibility index (Phi) is 2.14. The fourth-order valence-corrected chi connectivity index (χ4v) is 5.07. The third-order valence-corrected chi connectivity index (χ3v) is 6.12. The second-order valence-corrected chi connectivity index (χ2v) is 7.38. The quantitative estimate of drug-likeness (QED) is 0.669. The molecule has 0 N–H and O–H groups in total. The van der Waals surface area contributed by atoms with Crippen molar-refractivity contribution in [1.82, 2.24) is 0 Å². The van der Waals surface area contributed by atoms with Gasteiger partial charge < -0.3 is 0 Å². The molecule has 1 heterocycles. The van der Waals surface area contributed by atoms with Gasteiger partial charge in [0.05, 0.1) is 17.1 Å². The summed E-state index contributed by atoms with van der Waals surface area (Å²) in [5, 5.41) is 2.56. The Bertz CT molecular complexity index is 1270. The van der Waals surface area contributed by atoms with Crippen LogP contribution < -0.4 is 0 Å². The van der Waals surface area contributed by atoms with Crippen molar-refractivity contribution in [2.75, 3.05) is 0 Å². The van der Waals surface area contributed by atoms with E-state index in [1.807, 2.05) is 0 Å². The summed E-state index contributed by atoms with van der Waals surface area (Å²) in [7, 11) is 0. The summed E-state index contributed by atoms with van der Waals surface area (Å²) in [5.41, 5.74) is 9.75. The highest BCUT2D eigenvalue weighted by atomic mass is 15.0. The monoisotopic (exact) mass is 330 g/mol. The van der Waals surface area contributed by atoms with E-state index in [0.717, 1.165) is 17.1 Å². The SMILES string of the molecule is C1=CC2=CC=CC3=C4N=C5C(=NC4C(=C1)C23)c1cccc2cccc5c12. The van der Waals surface area contributed by atoms with E-state index < -0.39 is 0 Å². The Morgan fingerprint density at radius 1 is 0.808 bits per heavy atom. The zero-order valence-electron chi connectivity index (χ0n) is 14.0. The second-order valence-electron chi connectivity index (χ2n) is 7.38. The van der Waals surface area contributed by atoms with Crippen LogP contribution in [0.5, 0.6) is 0 Å². The molecule has 120 valence electrons. The highest BCUT2D eigenvalue weighted by Gasteiger charge is 2.43. The smallest absolute Gasteiger partial charge is 0.115 e. The predicted octanol–water partition coefficient (Wildman–Crippen LogP) is 4.69. The van der Waals surface area contributed by atoms with E-state index in [4.69, 9.17) is 9.98 Å². The molecule has 26 heavy (non-hydrogen) atoms. The molecule has 7 rings (SSSR count). The molecule has 2 aromatic carbocycles. The zero-order valence-corrected chi connectivity index (χ0v) is 14.0. The van der Waals surface area contributed by atoms with Gasteiger partial charge in [0.15, 0.2) is 0 Å². The molecule has 2 atom stereocenters. The molecule has 2 unspecified atom stereocenters. The lowest BCUT2D eigenvalue weighted by Crippen LogP contribution is -2.23. The maximum absolute atomic E-state index is 5.26.